The summed E-state index contributed by atoms with van der Waals surface area (Å²) in [6.07, 6.45) is 2.79. The number of primary amides is 1. The molecule has 0 saturated carbocycles. The van der Waals surface area contributed by atoms with E-state index in [1.54, 1.807) is 12.1 Å². The van der Waals surface area contributed by atoms with Gasteiger partial charge in [0.05, 0.1) is 4.90 Å². The van der Waals surface area contributed by atoms with Gasteiger partial charge in [-0.25, -0.2) is 8.42 Å². The number of amides is 2. The first-order valence-electron chi connectivity index (χ1n) is 7.63. The molecule has 1 aromatic rings. The molecule has 1 saturated heterocycles. The zero-order valence-corrected chi connectivity index (χ0v) is 13.4. The largest absolute Gasteiger partial charge is 0.368 e. The van der Waals surface area contributed by atoms with Crippen LogP contribution in [0.5, 0.6) is 0 Å². The molecule has 2 aliphatic heterocycles. The molecular weight excluding hydrogens is 318 g/mol. The molecule has 2 aliphatic rings. The Kier molecular flexibility index (Phi) is 4.11. The van der Waals surface area contributed by atoms with E-state index in [9.17, 15) is 18.0 Å². The van der Waals surface area contributed by atoms with Crippen LogP contribution in [0, 0.1) is 0 Å². The first kappa shape index (κ1) is 15.9. The zero-order valence-electron chi connectivity index (χ0n) is 12.6. The van der Waals surface area contributed by atoms with Crippen molar-refractivity contribution in [3.05, 3.63) is 23.8 Å². The number of fused-ring (bicyclic) bond motifs is 1. The number of nitrogens with two attached hydrogens (primary N) is 1. The zero-order chi connectivity index (χ0) is 16.6. The number of carbonyl (C=O) groups excluding carboxylic acids is 2. The van der Waals surface area contributed by atoms with Crippen LogP contribution in [0.15, 0.2) is 23.1 Å². The first-order valence-corrected chi connectivity index (χ1v) is 9.07. The van der Waals surface area contributed by atoms with Crippen molar-refractivity contribution in [2.24, 2.45) is 5.73 Å². The van der Waals surface area contributed by atoms with Gasteiger partial charge in [-0.2, -0.15) is 4.31 Å². The number of carbonyl (C=O) groups is 2. The molecule has 1 aromatic carbocycles. The predicted molar refractivity (Wildman–Crippen MR) is 84.1 cm³/mol. The Bertz CT molecular complexity index is 760. The normalized spacial score (nSPS) is 22.3. The van der Waals surface area contributed by atoms with Crippen molar-refractivity contribution in [2.75, 3.05) is 11.9 Å². The van der Waals surface area contributed by atoms with Crippen molar-refractivity contribution in [1.29, 1.82) is 0 Å². The van der Waals surface area contributed by atoms with Crippen LogP contribution in [-0.2, 0) is 26.0 Å². The Labute approximate surface area is 134 Å². The molecule has 124 valence electrons. The molecule has 3 rings (SSSR count). The standard InChI is InChI=1S/C15H19N3O4S/c16-15(20)13-3-1-2-8-18(13)23(21,22)11-5-6-12-10(9-11)4-7-14(19)17-12/h5-6,9,13H,1-4,7-8H2,(H2,16,20)(H,17,19)/t13-/m1/s1. The molecule has 2 heterocycles. The Balaban J connectivity index is 1.96. The lowest BCUT2D eigenvalue weighted by Gasteiger charge is -2.32. The maximum atomic E-state index is 12.9. The lowest BCUT2D eigenvalue weighted by atomic mass is 10.0. The summed E-state index contributed by atoms with van der Waals surface area (Å²) in [5.41, 5.74) is 6.80. The van der Waals surface area contributed by atoms with Gasteiger partial charge in [0, 0.05) is 18.7 Å². The number of aryl methyl sites for hydroxylation is 1. The van der Waals surface area contributed by atoms with Gasteiger partial charge in [-0.15, -0.1) is 0 Å². The molecule has 8 heteroatoms. The van der Waals surface area contributed by atoms with E-state index in [1.165, 1.54) is 10.4 Å². The maximum absolute atomic E-state index is 12.9. The predicted octanol–water partition coefficient (Wildman–Crippen LogP) is 0.600. The average Bonchev–Trinajstić information content (AvgIpc) is 2.54. The van der Waals surface area contributed by atoms with E-state index in [0.717, 1.165) is 12.0 Å². The SMILES string of the molecule is NC(=O)[C@H]1CCCCN1S(=O)(=O)c1ccc2c(c1)CCC(=O)N2. The highest BCUT2D eigenvalue weighted by Gasteiger charge is 2.36. The van der Waals surface area contributed by atoms with Crippen molar-refractivity contribution < 1.29 is 18.0 Å². The molecule has 0 aliphatic carbocycles. The second kappa shape index (κ2) is 5.93. The van der Waals surface area contributed by atoms with Gasteiger partial charge < -0.3 is 11.1 Å². The van der Waals surface area contributed by atoms with Gasteiger partial charge in [-0.1, -0.05) is 6.42 Å². The Morgan fingerprint density at radius 3 is 2.78 bits per heavy atom. The third-order valence-electron chi connectivity index (χ3n) is 4.36. The number of nitrogens with zero attached hydrogens (tertiary/aromatic N) is 1. The fourth-order valence-corrected chi connectivity index (χ4v) is 4.85. The van der Waals surface area contributed by atoms with Gasteiger partial charge in [-0.05, 0) is 43.0 Å². The van der Waals surface area contributed by atoms with Crippen LogP contribution in [0.4, 0.5) is 5.69 Å². The summed E-state index contributed by atoms with van der Waals surface area (Å²) in [5, 5.41) is 2.72. The Morgan fingerprint density at radius 1 is 1.26 bits per heavy atom. The minimum absolute atomic E-state index is 0.0714. The second-order valence-corrected chi connectivity index (χ2v) is 7.79. The smallest absolute Gasteiger partial charge is 0.243 e. The maximum Gasteiger partial charge on any atom is 0.243 e. The number of benzene rings is 1. The van der Waals surface area contributed by atoms with Crippen LogP contribution >= 0.6 is 0 Å². The molecule has 0 radical (unpaired) electrons. The molecule has 1 fully saturated rings. The van der Waals surface area contributed by atoms with E-state index in [1.807, 2.05) is 0 Å². The number of piperidine rings is 1. The molecule has 3 N–H and O–H groups in total. The lowest BCUT2D eigenvalue weighted by Crippen LogP contribution is -2.50. The first-order chi connectivity index (χ1) is 10.9. The van der Waals surface area contributed by atoms with Crippen molar-refractivity contribution in [2.45, 2.75) is 43.0 Å². The van der Waals surface area contributed by atoms with E-state index >= 15 is 0 Å². The summed E-state index contributed by atoms with van der Waals surface area (Å²) in [5.74, 6) is -0.684. The Morgan fingerprint density at radius 2 is 2.04 bits per heavy atom. The van der Waals surface area contributed by atoms with Crippen LogP contribution in [0.1, 0.15) is 31.2 Å². The third-order valence-corrected chi connectivity index (χ3v) is 6.27. The average molecular weight is 337 g/mol. The van der Waals surface area contributed by atoms with E-state index in [-0.39, 0.29) is 10.8 Å². The molecule has 7 nitrogen and oxygen atoms in total. The van der Waals surface area contributed by atoms with E-state index in [4.69, 9.17) is 5.73 Å². The van der Waals surface area contributed by atoms with Gasteiger partial charge in [0.25, 0.3) is 0 Å². The van der Waals surface area contributed by atoms with Crippen molar-refractivity contribution in [3.8, 4) is 0 Å². The van der Waals surface area contributed by atoms with Crippen molar-refractivity contribution in [1.82, 2.24) is 4.31 Å². The summed E-state index contributed by atoms with van der Waals surface area (Å²) >= 11 is 0. The minimum atomic E-state index is -3.78. The molecule has 1 atom stereocenters. The molecule has 23 heavy (non-hydrogen) atoms. The fraction of sp³-hybridized carbons (Fsp3) is 0.467. The third kappa shape index (κ3) is 2.96. The highest BCUT2D eigenvalue weighted by molar-refractivity contribution is 7.89. The van der Waals surface area contributed by atoms with Crippen LogP contribution in [-0.4, -0.2) is 37.1 Å². The lowest BCUT2D eigenvalue weighted by molar-refractivity contribution is -0.122. The number of hydrogen-bond donors (Lipinski definition) is 2. The van der Waals surface area contributed by atoms with Gasteiger partial charge in [0.2, 0.25) is 21.8 Å². The molecule has 0 bridgehead atoms. The molecule has 0 spiro atoms. The summed E-state index contributed by atoms with van der Waals surface area (Å²) in [6.45, 7) is 0.295. The molecule has 2 amide bonds. The van der Waals surface area contributed by atoms with E-state index < -0.39 is 22.0 Å². The number of sulfonamides is 1. The summed E-state index contributed by atoms with van der Waals surface area (Å²) in [6, 6.07) is 3.86. The highest BCUT2D eigenvalue weighted by Crippen LogP contribution is 2.29. The van der Waals surface area contributed by atoms with Crippen LogP contribution in [0.2, 0.25) is 0 Å². The number of anilines is 1. The van der Waals surface area contributed by atoms with Crippen molar-refractivity contribution >= 4 is 27.5 Å². The monoisotopic (exact) mass is 337 g/mol. The number of nitrogens with one attached hydrogen (secondary N) is 1. The number of rotatable bonds is 3. The Hall–Kier alpha value is -1.93. The van der Waals surface area contributed by atoms with Gasteiger partial charge >= 0.3 is 0 Å². The van der Waals surface area contributed by atoms with Crippen molar-refractivity contribution in [3.63, 3.8) is 0 Å². The van der Waals surface area contributed by atoms with E-state index in [2.05, 4.69) is 5.32 Å². The molecule has 0 unspecified atom stereocenters. The molecule has 0 aromatic heterocycles. The quantitative estimate of drug-likeness (QED) is 0.841. The summed E-state index contributed by atoms with van der Waals surface area (Å²) < 4.78 is 27.0. The van der Waals surface area contributed by atoms with Gasteiger partial charge in [0.15, 0.2) is 0 Å². The van der Waals surface area contributed by atoms with Gasteiger partial charge in [0.1, 0.15) is 6.04 Å². The highest BCUT2D eigenvalue weighted by atomic mass is 32.2. The summed E-state index contributed by atoms with van der Waals surface area (Å²) in [7, 11) is -3.78. The van der Waals surface area contributed by atoms with Crippen LogP contribution < -0.4 is 11.1 Å². The topological polar surface area (TPSA) is 110 Å². The van der Waals surface area contributed by atoms with Gasteiger partial charge in [-0.3, -0.25) is 9.59 Å². The molecular formula is C15H19N3O4S. The summed E-state index contributed by atoms with van der Waals surface area (Å²) in [4.78, 5) is 23.1. The second-order valence-electron chi connectivity index (χ2n) is 5.90. The van der Waals surface area contributed by atoms with Crippen LogP contribution in [0.25, 0.3) is 0 Å². The fourth-order valence-electron chi connectivity index (χ4n) is 3.13. The van der Waals surface area contributed by atoms with Crippen LogP contribution in [0.3, 0.4) is 0 Å². The number of hydrogen-bond acceptors (Lipinski definition) is 4. The van der Waals surface area contributed by atoms with E-state index in [0.29, 0.717) is 37.9 Å². The minimum Gasteiger partial charge on any atom is -0.368 e.